The zero-order chi connectivity index (χ0) is 30.3. The number of piperidine rings is 2. The number of ether oxygens (including phenoxy) is 1. The van der Waals surface area contributed by atoms with Crippen molar-refractivity contribution >= 4 is 17.6 Å². The minimum absolute atomic E-state index is 0.0655. The summed E-state index contributed by atoms with van der Waals surface area (Å²) in [6.45, 7) is 2.27. The Hall–Kier alpha value is -4.62. The molecule has 3 aromatic rings. The number of alkyl halides is 1. The van der Waals surface area contributed by atoms with Gasteiger partial charge in [0.2, 0.25) is 0 Å². The molecule has 2 amide bonds. The van der Waals surface area contributed by atoms with Crippen molar-refractivity contribution < 1.29 is 23.5 Å². The monoisotopic (exact) mass is 583 g/mol. The number of carbonyl (C=O) groups excluding carboxylic acids is 3. The molecule has 0 unspecified atom stereocenters. The topological polar surface area (TPSA) is 116 Å². The van der Waals surface area contributed by atoms with Crippen molar-refractivity contribution in [3.8, 4) is 11.8 Å². The minimum atomic E-state index is -1.23. The number of nitriles is 1. The molecule has 2 atom stereocenters. The van der Waals surface area contributed by atoms with Gasteiger partial charge in [0.1, 0.15) is 17.6 Å². The van der Waals surface area contributed by atoms with Gasteiger partial charge in [-0.3, -0.25) is 24.3 Å². The Morgan fingerprint density at radius 3 is 2.28 bits per heavy atom. The summed E-state index contributed by atoms with van der Waals surface area (Å²) < 4.78 is 20.1. The van der Waals surface area contributed by atoms with E-state index >= 15 is 0 Å². The second kappa shape index (κ2) is 13.6. The van der Waals surface area contributed by atoms with Gasteiger partial charge in [-0.25, -0.2) is 4.39 Å². The molecule has 222 valence electrons. The maximum Gasteiger partial charge on any atom is 0.272 e. The first-order chi connectivity index (χ1) is 20.8. The molecular weight excluding hydrogens is 549 g/mol. The van der Waals surface area contributed by atoms with Gasteiger partial charge in [-0.05, 0) is 73.4 Å². The highest BCUT2D eigenvalue weighted by Gasteiger charge is 2.31. The Labute approximate surface area is 250 Å². The Bertz CT molecular complexity index is 1480. The maximum atomic E-state index is 15.0. The number of methoxy groups -OCH3 is 1. The van der Waals surface area contributed by atoms with Gasteiger partial charge in [0, 0.05) is 50.4 Å². The van der Waals surface area contributed by atoms with Gasteiger partial charge in [0.05, 0.1) is 30.3 Å². The van der Waals surface area contributed by atoms with Crippen LogP contribution in [0.5, 0.6) is 5.75 Å². The summed E-state index contributed by atoms with van der Waals surface area (Å²) >= 11 is 0. The molecule has 2 aliphatic heterocycles. The van der Waals surface area contributed by atoms with Crippen LogP contribution in [0.4, 0.5) is 4.39 Å². The average molecular weight is 584 g/mol. The van der Waals surface area contributed by atoms with Crippen molar-refractivity contribution in [1.29, 1.82) is 5.26 Å². The molecule has 0 radical (unpaired) electrons. The van der Waals surface area contributed by atoms with Crippen LogP contribution in [-0.2, 0) is 6.54 Å². The van der Waals surface area contributed by atoms with E-state index in [2.05, 4.69) is 16.4 Å². The van der Waals surface area contributed by atoms with Crippen molar-refractivity contribution in [3.05, 3.63) is 94.8 Å². The fourth-order valence-electron chi connectivity index (χ4n) is 5.62. The SMILES string of the molecule is COc1ccc(C(=O)C2CCN(C(=O)c3ccc(C(=O)N[C@@H]4CCN(Cc5ccc(C#N)cc5)C[C@H]4F)cn3)CC2)cc1. The average Bonchev–Trinajstić information content (AvgIpc) is 3.06. The molecule has 0 spiro atoms. The Morgan fingerprint density at radius 2 is 1.67 bits per heavy atom. The fourth-order valence-corrected chi connectivity index (χ4v) is 5.62. The van der Waals surface area contributed by atoms with E-state index in [1.807, 2.05) is 17.0 Å². The van der Waals surface area contributed by atoms with E-state index in [9.17, 15) is 18.8 Å². The molecule has 0 aliphatic carbocycles. The Balaban J connectivity index is 1.09. The summed E-state index contributed by atoms with van der Waals surface area (Å²) in [5, 5.41) is 11.7. The smallest absolute Gasteiger partial charge is 0.272 e. The number of rotatable bonds is 8. The third-order valence-corrected chi connectivity index (χ3v) is 8.20. The molecule has 2 aliphatic rings. The summed E-state index contributed by atoms with van der Waals surface area (Å²) in [5.74, 6) is -0.0788. The molecular formula is C33H34FN5O4. The van der Waals surface area contributed by atoms with Gasteiger partial charge in [-0.15, -0.1) is 0 Å². The third-order valence-electron chi connectivity index (χ3n) is 8.20. The van der Waals surface area contributed by atoms with Crippen molar-refractivity contribution in [3.63, 3.8) is 0 Å². The largest absolute Gasteiger partial charge is 0.497 e. The number of aromatic nitrogens is 1. The quantitative estimate of drug-likeness (QED) is 0.398. The molecule has 0 saturated carbocycles. The predicted octanol–water partition coefficient (Wildman–Crippen LogP) is 4.04. The van der Waals surface area contributed by atoms with E-state index < -0.39 is 18.1 Å². The standard InChI is InChI=1S/C33H34FN5O4/c1-43-27-9-6-24(7-10-27)31(40)25-12-16-39(17-13-25)33(42)30-11-8-26(19-36-30)32(41)37-29-14-15-38(21-28(29)34)20-23-4-2-22(18-35)3-5-23/h2-11,19,25,28-29H,12-17,20-21H2,1H3,(H,37,41)/t28-,29-/m1/s1. The van der Waals surface area contributed by atoms with Crippen LogP contribution in [0.15, 0.2) is 66.9 Å². The summed E-state index contributed by atoms with van der Waals surface area (Å²) in [6.07, 6.45) is 1.70. The zero-order valence-corrected chi connectivity index (χ0v) is 24.0. The molecule has 5 rings (SSSR count). The van der Waals surface area contributed by atoms with Crippen LogP contribution < -0.4 is 10.1 Å². The normalized spacial score (nSPS) is 19.3. The molecule has 43 heavy (non-hydrogen) atoms. The van der Waals surface area contributed by atoms with Crippen molar-refractivity contribution in [2.24, 2.45) is 5.92 Å². The van der Waals surface area contributed by atoms with Gasteiger partial charge < -0.3 is 15.0 Å². The number of nitrogens with one attached hydrogen (secondary N) is 1. The van der Waals surface area contributed by atoms with E-state index in [0.29, 0.717) is 62.3 Å². The lowest BCUT2D eigenvalue weighted by atomic mass is 9.88. The number of amides is 2. The highest BCUT2D eigenvalue weighted by atomic mass is 19.1. The minimum Gasteiger partial charge on any atom is -0.497 e. The second-order valence-corrected chi connectivity index (χ2v) is 11.0. The first kappa shape index (κ1) is 29.9. The van der Waals surface area contributed by atoms with E-state index in [4.69, 9.17) is 10.00 Å². The lowest BCUT2D eigenvalue weighted by molar-refractivity contribution is 0.0645. The van der Waals surface area contributed by atoms with E-state index in [1.165, 1.54) is 18.3 Å². The van der Waals surface area contributed by atoms with Crippen LogP contribution in [0, 0.1) is 17.2 Å². The summed E-state index contributed by atoms with van der Waals surface area (Å²) in [4.78, 5) is 46.7. The number of pyridine rings is 1. The second-order valence-electron chi connectivity index (χ2n) is 11.0. The van der Waals surface area contributed by atoms with Gasteiger partial charge in [-0.2, -0.15) is 5.26 Å². The van der Waals surface area contributed by atoms with Crippen molar-refractivity contribution in [2.75, 3.05) is 33.3 Å². The number of likely N-dealkylation sites (tertiary alicyclic amines) is 2. The fraction of sp³-hybridized carbons (Fsp3) is 0.364. The number of carbonyl (C=O) groups is 3. The molecule has 2 fully saturated rings. The van der Waals surface area contributed by atoms with Gasteiger partial charge in [-0.1, -0.05) is 12.1 Å². The Morgan fingerprint density at radius 1 is 0.977 bits per heavy atom. The number of ketones is 1. The summed E-state index contributed by atoms with van der Waals surface area (Å²) in [5.41, 5.74) is 2.69. The van der Waals surface area contributed by atoms with E-state index in [-0.39, 0.29) is 35.4 Å². The number of hydrogen-bond donors (Lipinski definition) is 1. The lowest BCUT2D eigenvalue weighted by Gasteiger charge is -2.35. The van der Waals surface area contributed by atoms with Crippen LogP contribution in [0.25, 0.3) is 0 Å². The van der Waals surface area contributed by atoms with Gasteiger partial charge in [0.15, 0.2) is 5.78 Å². The number of Topliss-reactive ketones (excluding diaryl/α,β-unsaturated/α-hetero) is 1. The molecule has 2 aromatic carbocycles. The Kier molecular flexibility index (Phi) is 9.42. The first-order valence-corrected chi connectivity index (χ1v) is 14.4. The molecule has 2 saturated heterocycles. The number of hydrogen-bond acceptors (Lipinski definition) is 7. The van der Waals surface area contributed by atoms with E-state index in [1.54, 1.807) is 48.4 Å². The summed E-state index contributed by atoms with van der Waals surface area (Å²) in [6, 6.07) is 18.8. The highest BCUT2D eigenvalue weighted by molar-refractivity contribution is 5.99. The molecule has 1 N–H and O–H groups in total. The number of halogens is 1. The van der Waals surface area contributed by atoms with E-state index in [0.717, 1.165) is 5.56 Å². The van der Waals surface area contributed by atoms with Gasteiger partial charge in [0.25, 0.3) is 11.8 Å². The van der Waals surface area contributed by atoms with Gasteiger partial charge >= 0.3 is 0 Å². The molecule has 3 heterocycles. The number of nitrogens with zero attached hydrogens (tertiary/aromatic N) is 4. The number of benzene rings is 2. The van der Waals surface area contributed by atoms with Crippen LogP contribution >= 0.6 is 0 Å². The highest BCUT2D eigenvalue weighted by Crippen LogP contribution is 2.24. The van der Waals surface area contributed by atoms with Crippen LogP contribution in [0.2, 0.25) is 0 Å². The first-order valence-electron chi connectivity index (χ1n) is 14.4. The molecule has 0 bridgehead atoms. The molecule has 1 aromatic heterocycles. The molecule has 10 heteroatoms. The maximum absolute atomic E-state index is 15.0. The summed E-state index contributed by atoms with van der Waals surface area (Å²) in [7, 11) is 1.58. The van der Waals surface area contributed by atoms with Crippen LogP contribution in [0.1, 0.15) is 61.6 Å². The van der Waals surface area contributed by atoms with Crippen LogP contribution in [0.3, 0.4) is 0 Å². The van der Waals surface area contributed by atoms with Crippen molar-refractivity contribution in [1.82, 2.24) is 20.1 Å². The lowest BCUT2D eigenvalue weighted by Crippen LogP contribution is -2.52. The third kappa shape index (κ3) is 7.24. The molecule has 9 nitrogen and oxygen atoms in total. The zero-order valence-electron chi connectivity index (χ0n) is 24.0. The predicted molar refractivity (Wildman–Crippen MR) is 157 cm³/mol. The van der Waals surface area contributed by atoms with Crippen LogP contribution in [-0.4, -0.2) is 77.9 Å². The van der Waals surface area contributed by atoms with Crippen molar-refractivity contribution in [2.45, 2.75) is 38.0 Å².